The second-order valence-corrected chi connectivity index (χ2v) is 5.17. The quantitative estimate of drug-likeness (QED) is 0.530. The van der Waals surface area contributed by atoms with E-state index in [1.165, 1.54) is 0 Å². The SMILES string of the molecule is CCCN1CC(=O)N(CCCCCBr)CC1=O. The summed E-state index contributed by atoms with van der Waals surface area (Å²) in [6.07, 6.45) is 4.11. The third kappa shape index (κ3) is 4.66. The Kier molecular flexibility index (Phi) is 6.55. The molecule has 1 rings (SSSR count). The predicted octanol–water partition coefficient (Wildman–Crippen LogP) is 1.63. The molecule has 0 atom stereocenters. The van der Waals surface area contributed by atoms with Crippen LogP contribution in [-0.2, 0) is 9.59 Å². The lowest BCUT2D eigenvalue weighted by Crippen LogP contribution is -2.53. The average molecular weight is 305 g/mol. The van der Waals surface area contributed by atoms with Crippen molar-refractivity contribution in [2.45, 2.75) is 32.6 Å². The number of hydrogen-bond acceptors (Lipinski definition) is 2. The lowest BCUT2D eigenvalue weighted by atomic mass is 10.2. The van der Waals surface area contributed by atoms with Crippen LogP contribution < -0.4 is 0 Å². The zero-order valence-corrected chi connectivity index (χ0v) is 12.0. The number of carbonyl (C=O) groups is 2. The van der Waals surface area contributed by atoms with Gasteiger partial charge in [0.1, 0.15) is 0 Å². The molecule has 0 radical (unpaired) electrons. The summed E-state index contributed by atoms with van der Waals surface area (Å²) in [7, 11) is 0. The summed E-state index contributed by atoms with van der Waals surface area (Å²) < 4.78 is 0. The summed E-state index contributed by atoms with van der Waals surface area (Å²) in [6, 6.07) is 0. The first-order valence-electron chi connectivity index (χ1n) is 6.30. The van der Waals surface area contributed by atoms with E-state index in [-0.39, 0.29) is 24.9 Å². The van der Waals surface area contributed by atoms with Crippen molar-refractivity contribution >= 4 is 27.7 Å². The van der Waals surface area contributed by atoms with Gasteiger partial charge in [-0.05, 0) is 19.3 Å². The Balaban J connectivity index is 2.33. The van der Waals surface area contributed by atoms with E-state index in [9.17, 15) is 9.59 Å². The van der Waals surface area contributed by atoms with Crippen molar-refractivity contribution < 1.29 is 9.59 Å². The summed E-state index contributed by atoms with van der Waals surface area (Å²) in [5, 5.41) is 1.00. The molecule has 0 aromatic heterocycles. The van der Waals surface area contributed by atoms with Gasteiger partial charge in [-0.2, -0.15) is 0 Å². The second kappa shape index (κ2) is 7.69. The molecular weight excluding hydrogens is 284 g/mol. The molecule has 4 nitrogen and oxygen atoms in total. The molecule has 0 bridgehead atoms. The number of halogens is 1. The van der Waals surface area contributed by atoms with Crippen molar-refractivity contribution in [3.63, 3.8) is 0 Å². The van der Waals surface area contributed by atoms with Crippen molar-refractivity contribution in [3.05, 3.63) is 0 Å². The first-order valence-corrected chi connectivity index (χ1v) is 7.42. The molecule has 0 aromatic rings. The number of piperazine rings is 1. The number of unbranched alkanes of at least 4 members (excludes halogenated alkanes) is 2. The van der Waals surface area contributed by atoms with Crippen LogP contribution in [0.15, 0.2) is 0 Å². The van der Waals surface area contributed by atoms with Crippen molar-refractivity contribution in [1.29, 1.82) is 0 Å². The number of nitrogens with zero attached hydrogens (tertiary/aromatic N) is 2. The van der Waals surface area contributed by atoms with E-state index in [1.807, 2.05) is 6.92 Å². The van der Waals surface area contributed by atoms with Gasteiger partial charge in [0.15, 0.2) is 0 Å². The van der Waals surface area contributed by atoms with Gasteiger partial charge in [-0.1, -0.05) is 29.3 Å². The number of alkyl halides is 1. The van der Waals surface area contributed by atoms with Crippen LogP contribution in [-0.4, -0.2) is 53.1 Å². The number of carbonyl (C=O) groups excluding carboxylic acids is 2. The van der Waals surface area contributed by atoms with Crippen molar-refractivity contribution in [1.82, 2.24) is 9.80 Å². The highest BCUT2D eigenvalue weighted by atomic mass is 79.9. The van der Waals surface area contributed by atoms with E-state index in [1.54, 1.807) is 9.80 Å². The molecule has 0 N–H and O–H groups in total. The molecule has 1 aliphatic rings. The second-order valence-electron chi connectivity index (χ2n) is 4.38. The summed E-state index contributed by atoms with van der Waals surface area (Å²) in [4.78, 5) is 26.9. The smallest absolute Gasteiger partial charge is 0.242 e. The van der Waals surface area contributed by atoms with E-state index in [0.717, 1.165) is 37.6 Å². The largest absolute Gasteiger partial charge is 0.332 e. The third-order valence-electron chi connectivity index (χ3n) is 2.91. The van der Waals surface area contributed by atoms with Crippen molar-refractivity contribution in [3.8, 4) is 0 Å². The van der Waals surface area contributed by atoms with Crippen LogP contribution in [0.2, 0.25) is 0 Å². The number of amides is 2. The topological polar surface area (TPSA) is 40.6 Å². The van der Waals surface area contributed by atoms with Gasteiger partial charge in [-0.3, -0.25) is 9.59 Å². The molecule has 0 aliphatic carbocycles. The third-order valence-corrected chi connectivity index (χ3v) is 3.47. The molecule has 98 valence electrons. The monoisotopic (exact) mass is 304 g/mol. The molecule has 1 heterocycles. The summed E-state index contributed by atoms with van der Waals surface area (Å²) in [5.41, 5.74) is 0. The minimum Gasteiger partial charge on any atom is -0.332 e. The van der Waals surface area contributed by atoms with E-state index >= 15 is 0 Å². The Morgan fingerprint density at radius 3 is 2.12 bits per heavy atom. The van der Waals surface area contributed by atoms with Gasteiger partial charge in [0, 0.05) is 18.4 Å². The molecule has 1 aliphatic heterocycles. The van der Waals surface area contributed by atoms with Crippen LogP contribution in [0.4, 0.5) is 0 Å². The minimum absolute atomic E-state index is 0.0898. The van der Waals surface area contributed by atoms with E-state index < -0.39 is 0 Å². The standard InChI is InChI=1S/C12H21BrN2O2/c1-2-7-14-9-12(17)15(10-11(14)16)8-5-3-4-6-13/h2-10H2,1H3. The lowest BCUT2D eigenvalue weighted by Gasteiger charge is -2.33. The maximum absolute atomic E-state index is 11.8. The number of hydrogen-bond donors (Lipinski definition) is 0. The normalized spacial score (nSPS) is 16.8. The molecule has 17 heavy (non-hydrogen) atoms. The highest BCUT2D eigenvalue weighted by molar-refractivity contribution is 9.09. The van der Waals surface area contributed by atoms with E-state index in [2.05, 4.69) is 15.9 Å². The molecule has 0 aromatic carbocycles. The molecule has 5 heteroatoms. The van der Waals surface area contributed by atoms with Gasteiger partial charge < -0.3 is 9.80 Å². The van der Waals surface area contributed by atoms with Crippen molar-refractivity contribution in [2.75, 3.05) is 31.5 Å². The van der Waals surface area contributed by atoms with Crippen LogP contribution in [0.1, 0.15) is 32.6 Å². The van der Waals surface area contributed by atoms with Gasteiger partial charge in [0.05, 0.1) is 13.1 Å². The van der Waals surface area contributed by atoms with Gasteiger partial charge in [0.2, 0.25) is 11.8 Å². The molecule has 0 spiro atoms. The van der Waals surface area contributed by atoms with Crippen LogP contribution >= 0.6 is 15.9 Å². The molecule has 1 fully saturated rings. The summed E-state index contributed by atoms with van der Waals surface area (Å²) in [5.74, 6) is 0.184. The molecular formula is C12H21BrN2O2. The highest BCUT2D eigenvalue weighted by Gasteiger charge is 2.28. The van der Waals surface area contributed by atoms with E-state index in [4.69, 9.17) is 0 Å². The minimum atomic E-state index is 0.0898. The summed E-state index contributed by atoms with van der Waals surface area (Å²) >= 11 is 3.38. The fourth-order valence-electron chi connectivity index (χ4n) is 1.95. The van der Waals surface area contributed by atoms with E-state index in [0.29, 0.717) is 6.54 Å². The molecule has 0 unspecified atom stereocenters. The Bertz CT molecular complexity index is 271. The van der Waals surface area contributed by atoms with Crippen LogP contribution in [0.25, 0.3) is 0 Å². The van der Waals surface area contributed by atoms with Crippen LogP contribution in [0.5, 0.6) is 0 Å². The van der Waals surface area contributed by atoms with Crippen LogP contribution in [0.3, 0.4) is 0 Å². The lowest BCUT2D eigenvalue weighted by molar-refractivity contribution is -0.150. The first-order chi connectivity index (χ1) is 8.19. The van der Waals surface area contributed by atoms with Gasteiger partial charge in [0.25, 0.3) is 0 Å². The highest BCUT2D eigenvalue weighted by Crippen LogP contribution is 2.08. The Morgan fingerprint density at radius 1 is 1.00 bits per heavy atom. The Hall–Kier alpha value is -0.580. The van der Waals surface area contributed by atoms with Crippen LogP contribution in [0, 0.1) is 0 Å². The maximum Gasteiger partial charge on any atom is 0.242 e. The first kappa shape index (κ1) is 14.5. The maximum atomic E-state index is 11.8. The zero-order chi connectivity index (χ0) is 12.7. The Morgan fingerprint density at radius 2 is 1.59 bits per heavy atom. The predicted molar refractivity (Wildman–Crippen MR) is 71.1 cm³/mol. The molecule has 2 amide bonds. The molecule has 1 saturated heterocycles. The molecule has 0 saturated carbocycles. The van der Waals surface area contributed by atoms with Crippen molar-refractivity contribution in [2.24, 2.45) is 0 Å². The fourth-order valence-corrected chi connectivity index (χ4v) is 2.35. The van der Waals surface area contributed by atoms with Gasteiger partial charge >= 0.3 is 0 Å². The fraction of sp³-hybridized carbons (Fsp3) is 0.833. The van der Waals surface area contributed by atoms with Gasteiger partial charge in [-0.15, -0.1) is 0 Å². The summed E-state index contributed by atoms with van der Waals surface area (Å²) in [6.45, 7) is 3.97. The van der Waals surface area contributed by atoms with Gasteiger partial charge in [-0.25, -0.2) is 0 Å². The number of rotatable bonds is 7. The Labute approximate surface area is 111 Å². The zero-order valence-electron chi connectivity index (χ0n) is 10.5. The average Bonchev–Trinajstić information content (AvgIpc) is 2.30.